The zero-order valence-electron chi connectivity index (χ0n) is 13.6. The minimum Gasteiger partial charge on any atom is -0.476 e. The van der Waals surface area contributed by atoms with Crippen molar-refractivity contribution in [1.29, 1.82) is 0 Å². The van der Waals surface area contributed by atoms with Gasteiger partial charge in [0.15, 0.2) is 5.69 Å². The Bertz CT molecular complexity index is 784. The number of nitrogens with zero attached hydrogens (tertiary/aromatic N) is 3. The van der Waals surface area contributed by atoms with Crippen LogP contribution in [0.4, 0.5) is 0 Å². The third-order valence-corrected chi connectivity index (χ3v) is 4.92. The van der Waals surface area contributed by atoms with E-state index >= 15 is 0 Å². The van der Waals surface area contributed by atoms with Crippen LogP contribution in [0.25, 0.3) is 0 Å². The van der Waals surface area contributed by atoms with Crippen LogP contribution in [0, 0.1) is 0 Å². The van der Waals surface area contributed by atoms with Crippen molar-refractivity contribution in [2.24, 2.45) is 0 Å². The maximum atomic E-state index is 12.2. The molecule has 2 aromatic rings. The van der Waals surface area contributed by atoms with E-state index in [4.69, 9.17) is 16.7 Å². The number of carboxylic acids is 1. The summed E-state index contributed by atoms with van der Waals surface area (Å²) in [5, 5.41) is 19.6. The van der Waals surface area contributed by atoms with E-state index in [0.29, 0.717) is 11.6 Å². The standard InChI is InChI=1S/C17H19ClN4O3/c18-13-5-3-4-12(8-13)17(6-1-2-7-17)11-19-15(23)10-22-9-14(16(24)25)20-21-22/h3-5,8-9H,1-2,6-7,10-11H2,(H,19,23)(H,24,25). The van der Waals surface area contributed by atoms with E-state index in [0.717, 1.165) is 31.2 Å². The van der Waals surface area contributed by atoms with Gasteiger partial charge >= 0.3 is 5.97 Å². The van der Waals surface area contributed by atoms with Gasteiger partial charge in [0, 0.05) is 17.0 Å². The Morgan fingerprint density at radius 3 is 2.72 bits per heavy atom. The first-order valence-electron chi connectivity index (χ1n) is 8.15. The molecule has 1 fully saturated rings. The van der Waals surface area contributed by atoms with E-state index in [1.165, 1.54) is 10.9 Å². The van der Waals surface area contributed by atoms with Crippen molar-refractivity contribution >= 4 is 23.5 Å². The topological polar surface area (TPSA) is 97.1 Å². The molecule has 1 amide bonds. The van der Waals surface area contributed by atoms with Crippen LogP contribution in [0.1, 0.15) is 41.7 Å². The van der Waals surface area contributed by atoms with Crippen molar-refractivity contribution in [2.75, 3.05) is 6.54 Å². The molecule has 2 N–H and O–H groups in total. The molecule has 0 bridgehead atoms. The second-order valence-electron chi connectivity index (χ2n) is 6.38. The number of nitrogens with one attached hydrogen (secondary N) is 1. The summed E-state index contributed by atoms with van der Waals surface area (Å²) in [6.07, 6.45) is 5.48. The SMILES string of the molecule is O=C(Cn1cc(C(=O)O)nn1)NCC1(c2cccc(Cl)c2)CCCC1. The smallest absolute Gasteiger partial charge is 0.358 e. The second-order valence-corrected chi connectivity index (χ2v) is 6.82. The third kappa shape index (κ3) is 3.99. The van der Waals surface area contributed by atoms with Gasteiger partial charge in [0.2, 0.25) is 5.91 Å². The van der Waals surface area contributed by atoms with E-state index < -0.39 is 5.97 Å². The summed E-state index contributed by atoms with van der Waals surface area (Å²) < 4.78 is 1.22. The van der Waals surface area contributed by atoms with Gasteiger partial charge in [0.05, 0.1) is 6.20 Å². The summed E-state index contributed by atoms with van der Waals surface area (Å²) in [6, 6.07) is 7.80. The van der Waals surface area contributed by atoms with Crippen LogP contribution in [-0.2, 0) is 16.8 Å². The predicted octanol–water partition coefficient (Wildman–Crippen LogP) is 2.26. The lowest BCUT2D eigenvalue weighted by molar-refractivity contribution is -0.122. The largest absolute Gasteiger partial charge is 0.476 e. The highest BCUT2D eigenvalue weighted by molar-refractivity contribution is 6.30. The highest BCUT2D eigenvalue weighted by Gasteiger charge is 2.36. The molecule has 8 heteroatoms. The number of halogens is 1. The summed E-state index contributed by atoms with van der Waals surface area (Å²) in [5.41, 5.74) is 0.862. The van der Waals surface area contributed by atoms with Crippen molar-refractivity contribution in [2.45, 2.75) is 37.6 Å². The zero-order valence-corrected chi connectivity index (χ0v) is 14.4. The maximum Gasteiger partial charge on any atom is 0.358 e. The number of carboxylic acid groups (broad SMARTS) is 1. The number of carbonyl (C=O) groups is 2. The molecule has 0 radical (unpaired) electrons. The molecule has 0 aliphatic heterocycles. The van der Waals surface area contributed by atoms with E-state index in [1.807, 2.05) is 18.2 Å². The maximum absolute atomic E-state index is 12.2. The van der Waals surface area contributed by atoms with Gasteiger partial charge in [-0.05, 0) is 30.5 Å². The monoisotopic (exact) mass is 362 g/mol. The Morgan fingerprint density at radius 2 is 2.08 bits per heavy atom. The Morgan fingerprint density at radius 1 is 1.32 bits per heavy atom. The van der Waals surface area contributed by atoms with E-state index in [2.05, 4.69) is 21.7 Å². The lowest BCUT2D eigenvalue weighted by atomic mass is 9.79. The average molecular weight is 363 g/mol. The lowest BCUT2D eigenvalue weighted by Gasteiger charge is -2.30. The minimum absolute atomic E-state index is 0.0636. The van der Waals surface area contributed by atoms with E-state index in [-0.39, 0.29) is 23.6 Å². The number of benzene rings is 1. The third-order valence-electron chi connectivity index (χ3n) is 4.68. The van der Waals surface area contributed by atoms with Crippen LogP contribution in [0.15, 0.2) is 30.5 Å². The van der Waals surface area contributed by atoms with Gasteiger partial charge in [0.1, 0.15) is 6.54 Å². The number of amides is 1. The second kappa shape index (κ2) is 7.23. The fourth-order valence-electron chi connectivity index (χ4n) is 3.38. The number of hydrogen-bond acceptors (Lipinski definition) is 4. The summed E-state index contributed by atoms with van der Waals surface area (Å²) >= 11 is 6.13. The molecule has 1 aromatic carbocycles. The molecule has 0 atom stereocenters. The summed E-state index contributed by atoms with van der Waals surface area (Å²) in [7, 11) is 0. The molecule has 7 nitrogen and oxygen atoms in total. The van der Waals surface area contributed by atoms with Gasteiger partial charge in [-0.3, -0.25) is 4.79 Å². The lowest BCUT2D eigenvalue weighted by Crippen LogP contribution is -2.40. The molecule has 0 spiro atoms. The Balaban J connectivity index is 1.65. The Hall–Kier alpha value is -2.41. The van der Waals surface area contributed by atoms with Gasteiger partial charge < -0.3 is 10.4 Å². The Kier molecular flexibility index (Phi) is 5.03. The molecule has 0 saturated heterocycles. The molecule has 1 aliphatic rings. The normalized spacial score (nSPS) is 15.9. The van der Waals surface area contributed by atoms with Crippen molar-refractivity contribution in [3.05, 3.63) is 46.7 Å². The van der Waals surface area contributed by atoms with Crippen molar-refractivity contribution in [3.8, 4) is 0 Å². The number of aromatic nitrogens is 3. The van der Waals surface area contributed by atoms with Gasteiger partial charge in [-0.25, -0.2) is 9.48 Å². The van der Waals surface area contributed by atoms with Crippen molar-refractivity contribution in [3.63, 3.8) is 0 Å². The molecule has 1 saturated carbocycles. The molecule has 1 aliphatic carbocycles. The molecule has 25 heavy (non-hydrogen) atoms. The first-order chi connectivity index (χ1) is 12.0. The first-order valence-corrected chi connectivity index (χ1v) is 8.52. The fourth-order valence-corrected chi connectivity index (χ4v) is 3.57. The van der Waals surface area contributed by atoms with Gasteiger partial charge in [-0.1, -0.05) is 41.8 Å². The summed E-state index contributed by atoms with van der Waals surface area (Å²) in [4.78, 5) is 23.0. The van der Waals surface area contributed by atoms with Crippen LogP contribution in [0.5, 0.6) is 0 Å². The highest BCUT2D eigenvalue weighted by Crippen LogP contribution is 2.41. The van der Waals surface area contributed by atoms with Crippen LogP contribution < -0.4 is 5.32 Å². The number of carbonyl (C=O) groups excluding carboxylic acids is 1. The van der Waals surface area contributed by atoms with Gasteiger partial charge in [0.25, 0.3) is 0 Å². The zero-order chi connectivity index (χ0) is 17.9. The van der Waals surface area contributed by atoms with Crippen molar-refractivity contribution < 1.29 is 14.7 Å². The molecule has 0 unspecified atom stereocenters. The number of rotatable bonds is 6. The highest BCUT2D eigenvalue weighted by atomic mass is 35.5. The van der Waals surface area contributed by atoms with E-state index in [9.17, 15) is 9.59 Å². The van der Waals surface area contributed by atoms with Crippen LogP contribution in [0.3, 0.4) is 0 Å². The van der Waals surface area contributed by atoms with Gasteiger partial charge in [-0.15, -0.1) is 5.10 Å². The predicted molar refractivity (Wildman–Crippen MR) is 91.6 cm³/mol. The number of hydrogen-bond donors (Lipinski definition) is 2. The van der Waals surface area contributed by atoms with Crippen LogP contribution >= 0.6 is 11.6 Å². The molecular formula is C17H19ClN4O3. The molecule has 1 aromatic heterocycles. The fraction of sp³-hybridized carbons (Fsp3) is 0.412. The van der Waals surface area contributed by atoms with Gasteiger partial charge in [-0.2, -0.15) is 0 Å². The summed E-state index contributed by atoms with van der Waals surface area (Å²) in [5.74, 6) is -1.40. The van der Waals surface area contributed by atoms with E-state index in [1.54, 1.807) is 0 Å². The Labute approximate surface area is 150 Å². The molecule has 1 heterocycles. The number of aromatic carboxylic acids is 1. The quantitative estimate of drug-likeness (QED) is 0.821. The average Bonchev–Trinajstić information content (AvgIpc) is 3.23. The van der Waals surface area contributed by atoms with Crippen molar-refractivity contribution in [1.82, 2.24) is 20.3 Å². The molecular weight excluding hydrogens is 344 g/mol. The van der Waals surface area contributed by atoms with Crippen LogP contribution in [0.2, 0.25) is 5.02 Å². The molecule has 132 valence electrons. The molecule has 3 rings (SSSR count). The van der Waals surface area contributed by atoms with Crippen LogP contribution in [-0.4, -0.2) is 38.5 Å². The summed E-state index contributed by atoms with van der Waals surface area (Å²) in [6.45, 7) is 0.457. The minimum atomic E-state index is -1.17. The first kappa shape index (κ1) is 17.4.